The van der Waals surface area contributed by atoms with Crippen LogP contribution in [0.2, 0.25) is 0 Å². The Labute approximate surface area is 126 Å². The number of hydrogen-bond donors (Lipinski definition) is 1. The van der Waals surface area contributed by atoms with Gasteiger partial charge in [-0.3, -0.25) is 0 Å². The second kappa shape index (κ2) is 6.48. The van der Waals surface area contributed by atoms with E-state index in [0.29, 0.717) is 18.4 Å². The van der Waals surface area contributed by atoms with Gasteiger partial charge in [0.1, 0.15) is 12.4 Å². The summed E-state index contributed by atoms with van der Waals surface area (Å²) >= 11 is 0. The van der Waals surface area contributed by atoms with Crippen LogP contribution in [0.15, 0.2) is 24.3 Å². The monoisotopic (exact) mass is 291 g/mol. The Balaban J connectivity index is 2.11. The average molecular weight is 291 g/mol. The molecular formula is C17H25NO3. The van der Waals surface area contributed by atoms with Crippen LogP contribution in [-0.4, -0.2) is 32.3 Å². The molecule has 4 nitrogen and oxygen atoms in total. The summed E-state index contributed by atoms with van der Waals surface area (Å²) in [5, 5.41) is 3.14. The van der Waals surface area contributed by atoms with Gasteiger partial charge in [-0.05, 0) is 49.4 Å². The summed E-state index contributed by atoms with van der Waals surface area (Å²) in [5.74, 6) is 1.30. The molecule has 1 aliphatic rings. The number of benzene rings is 1. The summed E-state index contributed by atoms with van der Waals surface area (Å²) < 4.78 is 10.9. The van der Waals surface area contributed by atoms with Crippen molar-refractivity contribution < 1.29 is 14.3 Å². The van der Waals surface area contributed by atoms with Crippen molar-refractivity contribution in [3.63, 3.8) is 0 Å². The minimum atomic E-state index is -0.734. The Hall–Kier alpha value is -1.55. The second-order valence-electron chi connectivity index (χ2n) is 6.00. The molecule has 0 aromatic heterocycles. The first kappa shape index (κ1) is 15.8. The fourth-order valence-corrected chi connectivity index (χ4v) is 2.64. The van der Waals surface area contributed by atoms with Crippen LogP contribution in [0.4, 0.5) is 0 Å². The van der Waals surface area contributed by atoms with Crippen molar-refractivity contribution in [1.82, 2.24) is 5.32 Å². The summed E-state index contributed by atoms with van der Waals surface area (Å²) in [6, 6.07) is 8.04. The van der Waals surface area contributed by atoms with Crippen LogP contribution in [0.1, 0.15) is 38.2 Å². The molecule has 1 aliphatic carbocycles. The number of carbonyl (C=O) groups is 1. The zero-order valence-corrected chi connectivity index (χ0v) is 13.3. The van der Waals surface area contributed by atoms with Gasteiger partial charge < -0.3 is 14.8 Å². The minimum Gasteiger partial charge on any atom is -0.491 e. The Bertz CT molecular complexity index is 497. The van der Waals surface area contributed by atoms with E-state index in [4.69, 9.17) is 9.47 Å². The lowest BCUT2D eigenvalue weighted by Gasteiger charge is -2.30. The lowest BCUT2D eigenvalue weighted by molar-refractivity contribution is -0.151. The molecule has 1 aromatic carbocycles. The van der Waals surface area contributed by atoms with Gasteiger partial charge in [-0.1, -0.05) is 26.0 Å². The molecule has 0 bridgehead atoms. The molecular weight excluding hydrogens is 266 g/mol. The Morgan fingerprint density at radius 1 is 1.43 bits per heavy atom. The molecule has 0 spiro atoms. The molecule has 0 heterocycles. The van der Waals surface area contributed by atoms with Gasteiger partial charge in [-0.2, -0.15) is 0 Å². The van der Waals surface area contributed by atoms with Crippen molar-refractivity contribution >= 4 is 5.97 Å². The highest BCUT2D eigenvalue weighted by molar-refractivity contribution is 5.82. The molecule has 1 unspecified atom stereocenters. The normalized spacial score (nSPS) is 17.4. The van der Waals surface area contributed by atoms with Crippen LogP contribution >= 0.6 is 0 Å². The second-order valence-corrected chi connectivity index (χ2v) is 6.00. The van der Waals surface area contributed by atoms with Crippen LogP contribution in [0.5, 0.6) is 5.75 Å². The standard InChI is InChI=1S/C17H25NO3/c1-12(2)13-6-5-7-15(10-13)21-11-17(18-3,14-8-9-14)16(19)20-4/h5-7,10,12,14,18H,8-9,11H2,1-4H3. The molecule has 4 heteroatoms. The third-order valence-corrected chi connectivity index (χ3v) is 4.26. The fraction of sp³-hybridized carbons (Fsp3) is 0.588. The lowest BCUT2D eigenvalue weighted by atomic mass is 9.94. The van der Waals surface area contributed by atoms with E-state index in [9.17, 15) is 4.79 Å². The Morgan fingerprint density at radius 3 is 2.67 bits per heavy atom. The number of ether oxygens (including phenoxy) is 2. The van der Waals surface area contributed by atoms with Crippen LogP contribution in [0.25, 0.3) is 0 Å². The summed E-state index contributed by atoms with van der Waals surface area (Å²) in [4.78, 5) is 12.2. The van der Waals surface area contributed by atoms with E-state index in [0.717, 1.165) is 18.6 Å². The van der Waals surface area contributed by atoms with Gasteiger partial charge >= 0.3 is 5.97 Å². The van der Waals surface area contributed by atoms with Crippen LogP contribution in [0, 0.1) is 5.92 Å². The maximum absolute atomic E-state index is 12.2. The summed E-state index contributed by atoms with van der Waals surface area (Å²) in [6.07, 6.45) is 2.07. The first-order valence-corrected chi connectivity index (χ1v) is 7.53. The van der Waals surface area contributed by atoms with Crippen molar-refractivity contribution in [2.24, 2.45) is 5.92 Å². The number of rotatable bonds is 7. The number of carbonyl (C=O) groups excluding carboxylic acids is 1. The molecule has 1 atom stereocenters. The van der Waals surface area contributed by atoms with Gasteiger partial charge in [0.2, 0.25) is 0 Å². The topological polar surface area (TPSA) is 47.6 Å². The first-order chi connectivity index (χ1) is 10.0. The molecule has 1 aromatic rings. The van der Waals surface area contributed by atoms with Crippen LogP contribution in [0.3, 0.4) is 0 Å². The Kier molecular flexibility index (Phi) is 4.88. The van der Waals surface area contributed by atoms with Crippen molar-refractivity contribution in [1.29, 1.82) is 0 Å². The van der Waals surface area contributed by atoms with Crippen molar-refractivity contribution in [3.8, 4) is 5.75 Å². The predicted octanol–water partition coefficient (Wildman–Crippen LogP) is 2.73. The van der Waals surface area contributed by atoms with E-state index in [2.05, 4.69) is 25.2 Å². The zero-order valence-electron chi connectivity index (χ0n) is 13.3. The smallest absolute Gasteiger partial charge is 0.329 e. The number of hydrogen-bond acceptors (Lipinski definition) is 4. The summed E-state index contributed by atoms with van der Waals surface area (Å²) in [7, 11) is 3.22. The van der Waals surface area contributed by atoms with Crippen LogP contribution in [-0.2, 0) is 9.53 Å². The number of esters is 1. The first-order valence-electron chi connectivity index (χ1n) is 7.53. The van der Waals surface area contributed by atoms with Gasteiger partial charge in [0.15, 0.2) is 5.54 Å². The Morgan fingerprint density at radius 2 is 2.14 bits per heavy atom. The SMILES string of the molecule is CNC(COc1cccc(C(C)C)c1)(C(=O)OC)C1CC1. The van der Waals surface area contributed by atoms with Crippen molar-refractivity contribution in [2.45, 2.75) is 38.1 Å². The maximum atomic E-state index is 12.2. The van der Waals surface area contributed by atoms with E-state index in [1.807, 2.05) is 18.2 Å². The average Bonchev–Trinajstić information content (AvgIpc) is 3.33. The van der Waals surface area contributed by atoms with Gasteiger partial charge in [0.05, 0.1) is 7.11 Å². The molecule has 116 valence electrons. The summed E-state index contributed by atoms with van der Waals surface area (Å²) in [6.45, 7) is 4.59. The van der Waals surface area contributed by atoms with Gasteiger partial charge in [-0.25, -0.2) is 4.79 Å². The predicted molar refractivity (Wildman–Crippen MR) is 82.6 cm³/mol. The third kappa shape index (κ3) is 3.38. The highest BCUT2D eigenvalue weighted by atomic mass is 16.5. The molecule has 1 saturated carbocycles. The van der Waals surface area contributed by atoms with E-state index in [1.54, 1.807) is 7.05 Å². The number of nitrogens with one attached hydrogen (secondary N) is 1. The minimum absolute atomic E-state index is 0.243. The van der Waals surface area contributed by atoms with E-state index in [1.165, 1.54) is 12.7 Å². The van der Waals surface area contributed by atoms with Gasteiger partial charge in [-0.15, -0.1) is 0 Å². The quantitative estimate of drug-likeness (QED) is 0.785. The van der Waals surface area contributed by atoms with Crippen molar-refractivity contribution in [3.05, 3.63) is 29.8 Å². The maximum Gasteiger partial charge on any atom is 0.329 e. The van der Waals surface area contributed by atoms with Crippen LogP contribution < -0.4 is 10.1 Å². The molecule has 0 amide bonds. The van der Waals surface area contributed by atoms with Crippen molar-refractivity contribution in [2.75, 3.05) is 20.8 Å². The van der Waals surface area contributed by atoms with E-state index < -0.39 is 5.54 Å². The zero-order chi connectivity index (χ0) is 15.5. The molecule has 0 saturated heterocycles. The third-order valence-electron chi connectivity index (χ3n) is 4.26. The molecule has 0 aliphatic heterocycles. The molecule has 1 N–H and O–H groups in total. The van der Waals surface area contributed by atoms with Gasteiger partial charge in [0, 0.05) is 0 Å². The summed E-state index contributed by atoms with van der Waals surface area (Å²) in [5.41, 5.74) is 0.495. The number of methoxy groups -OCH3 is 1. The van der Waals surface area contributed by atoms with E-state index in [-0.39, 0.29) is 5.97 Å². The largest absolute Gasteiger partial charge is 0.491 e. The van der Waals surface area contributed by atoms with Gasteiger partial charge in [0.25, 0.3) is 0 Å². The molecule has 21 heavy (non-hydrogen) atoms. The van der Waals surface area contributed by atoms with E-state index >= 15 is 0 Å². The molecule has 0 radical (unpaired) electrons. The number of likely N-dealkylation sites (N-methyl/N-ethyl adjacent to an activating group) is 1. The highest BCUT2D eigenvalue weighted by Gasteiger charge is 2.51. The lowest BCUT2D eigenvalue weighted by Crippen LogP contribution is -2.57. The molecule has 2 rings (SSSR count). The fourth-order valence-electron chi connectivity index (χ4n) is 2.64. The highest BCUT2D eigenvalue weighted by Crippen LogP contribution is 2.40. The molecule has 1 fully saturated rings.